The lowest BCUT2D eigenvalue weighted by atomic mass is 10.1. The van der Waals surface area contributed by atoms with Crippen LogP contribution in [-0.4, -0.2) is 4.57 Å². The maximum atomic E-state index is 12.1. The molecule has 1 heterocycles. The van der Waals surface area contributed by atoms with Crippen molar-refractivity contribution in [1.29, 1.82) is 0 Å². The predicted octanol–water partition coefficient (Wildman–Crippen LogP) is 1.61. The first-order chi connectivity index (χ1) is 7.74. The van der Waals surface area contributed by atoms with E-state index in [4.69, 9.17) is 12.2 Å². The lowest BCUT2D eigenvalue weighted by molar-refractivity contribution is 0.706. The molecule has 0 unspecified atom stereocenters. The molecule has 1 aromatic heterocycles. The third-order valence-electron chi connectivity index (χ3n) is 2.53. The van der Waals surface area contributed by atoms with Crippen molar-refractivity contribution < 1.29 is 0 Å². The number of aromatic nitrogens is 1. The van der Waals surface area contributed by atoms with Gasteiger partial charge in [0.25, 0.3) is 5.56 Å². The molecule has 3 heteroatoms. The first-order valence-corrected chi connectivity index (χ1v) is 5.05. The fraction of sp³-hybridized carbons (Fsp3) is 0.154. The first-order valence-electron chi connectivity index (χ1n) is 5.05. The Morgan fingerprint density at radius 3 is 2.88 bits per heavy atom. The summed E-state index contributed by atoms with van der Waals surface area (Å²) in [5.41, 5.74) is 5.74. The minimum absolute atomic E-state index is 0.0779. The lowest BCUT2D eigenvalue weighted by Gasteiger charge is -2.09. The second kappa shape index (κ2) is 4.11. The molecule has 0 amide bonds. The SMILES string of the molecule is C#CCCn1c(N)cc2ccccc2c1=O. The summed E-state index contributed by atoms with van der Waals surface area (Å²) >= 11 is 0. The van der Waals surface area contributed by atoms with E-state index in [-0.39, 0.29) is 5.56 Å². The highest BCUT2D eigenvalue weighted by molar-refractivity contribution is 5.83. The van der Waals surface area contributed by atoms with Gasteiger partial charge in [-0.2, -0.15) is 0 Å². The lowest BCUT2D eigenvalue weighted by Crippen LogP contribution is -2.22. The molecule has 0 saturated carbocycles. The van der Waals surface area contributed by atoms with Crippen molar-refractivity contribution in [3.63, 3.8) is 0 Å². The molecule has 0 aliphatic rings. The molecule has 2 aromatic rings. The van der Waals surface area contributed by atoms with Crippen LogP contribution in [-0.2, 0) is 6.54 Å². The molecule has 2 rings (SSSR count). The zero-order chi connectivity index (χ0) is 11.5. The Hall–Kier alpha value is -2.21. The van der Waals surface area contributed by atoms with Crippen LogP contribution in [0.3, 0.4) is 0 Å². The van der Waals surface area contributed by atoms with Crippen LogP contribution in [0.4, 0.5) is 5.82 Å². The largest absolute Gasteiger partial charge is 0.385 e. The quantitative estimate of drug-likeness (QED) is 0.769. The van der Waals surface area contributed by atoms with Crippen LogP contribution in [0.2, 0.25) is 0 Å². The Labute approximate surface area is 93.5 Å². The zero-order valence-electron chi connectivity index (χ0n) is 8.81. The van der Waals surface area contributed by atoms with E-state index in [2.05, 4.69) is 5.92 Å². The molecule has 0 bridgehead atoms. The maximum absolute atomic E-state index is 12.1. The summed E-state index contributed by atoms with van der Waals surface area (Å²) in [6, 6.07) is 9.19. The average Bonchev–Trinajstić information content (AvgIpc) is 2.29. The van der Waals surface area contributed by atoms with Crippen LogP contribution >= 0.6 is 0 Å². The Bertz CT molecular complexity index is 620. The number of hydrogen-bond acceptors (Lipinski definition) is 2. The van der Waals surface area contributed by atoms with Crippen molar-refractivity contribution in [2.24, 2.45) is 0 Å². The Kier molecular flexibility index (Phi) is 2.65. The number of nitrogens with two attached hydrogens (primary N) is 1. The molecule has 80 valence electrons. The van der Waals surface area contributed by atoms with Gasteiger partial charge in [-0.1, -0.05) is 18.2 Å². The van der Waals surface area contributed by atoms with Gasteiger partial charge in [-0.25, -0.2) is 0 Å². The summed E-state index contributed by atoms with van der Waals surface area (Å²) in [4.78, 5) is 12.1. The number of nitrogens with zero attached hydrogens (tertiary/aromatic N) is 1. The molecule has 0 aliphatic carbocycles. The number of rotatable bonds is 2. The van der Waals surface area contributed by atoms with E-state index < -0.39 is 0 Å². The molecule has 0 atom stereocenters. The molecule has 0 fully saturated rings. The molecule has 1 aromatic carbocycles. The van der Waals surface area contributed by atoms with Gasteiger partial charge in [-0.05, 0) is 17.5 Å². The number of hydrogen-bond donors (Lipinski definition) is 1. The fourth-order valence-corrected chi connectivity index (χ4v) is 1.72. The van der Waals surface area contributed by atoms with Crippen molar-refractivity contribution in [2.45, 2.75) is 13.0 Å². The molecule has 16 heavy (non-hydrogen) atoms. The smallest absolute Gasteiger partial charge is 0.260 e. The van der Waals surface area contributed by atoms with Gasteiger partial charge < -0.3 is 5.73 Å². The van der Waals surface area contributed by atoms with Crippen LogP contribution in [0, 0.1) is 12.3 Å². The zero-order valence-corrected chi connectivity index (χ0v) is 8.81. The van der Waals surface area contributed by atoms with Crippen molar-refractivity contribution in [2.75, 3.05) is 5.73 Å². The standard InChI is InChI=1S/C13H12N2O/c1-2-3-8-15-12(14)9-10-6-4-5-7-11(10)13(15)16/h1,4-7,9H,3,8,14H2. The Balaban J connectivity index is 2.67. The van der Waals surface area contributed by atoms with Gasteiger partial charge in [0.1, 0.15) is 5.82 Å². The van der Waals surface area contributed by atoms with Crippen LogP contribution < -0.4 is 11.3 Å². The van der Waals surface area contributed by atoms with Gasteiger partial charge in [0, 0.05) is 18.4 Å². The average molecular weight is 212 g/mol. The predicted molar refractivity (Wildman–Crippen MR) is 66.1 cm³/mol. The first kappa shape index (κ1) is 10.3. The summed E-state index contributed by atoms with van der Waals surface area (Å²) in [6.07, 6.45) is 5.69. The summed E-state index contributed by atoms with van der Waals surface area (Å²) in [5.74, 6) is 2.96. The molecule has 0 aliphatic heterocycles. The van der Waals surface area contributed by atoms with Crippen LogP contribution in [0.15, 0.2) is 35.1 Å². The van der Waals surface area contributed by atoms with Crippen molar-refractivity contribution >= 4 is 16.6 Å². The van der Waals surface area contributed by atoms with Gasteiger partial charge in [0.2, 0.25) is 0 Å². The minimum Gasteiger partial charge on any atom is -0.385 e. The van der Waals surface area contributed by atoms with Crippen LogP contribution in [0.5, 0.6) is 0 Å². The Morgan fingerprint density at radius 2 is 2.12 bits per heavy atom. The van der Waals surface area contributed by atoms with Crippen LogP contribution in [0.25, 0.3) is 10.8 Å². The summed E-state index contributed by atoms with van der Waals surface area (Å²) in [5, 5.41) is 1.54. The fourth-order valence-electron chi connectivity index (χ4n) is 1.72. The van der Waals surface area contributed by atoms with E-state index in [0.29, 0.717) is 24.2 Å². The second-order valence-electron chi connectivity index (χ2n) is 3.57. The second-order valence-corrected chi connectivity index (χ2v) is 3.57. The number of pyridine rings is 1. The van der Waals surface area contributed by atoms with E-state index in [9.17, 15) is 4.79 Å². The molecular weight excluding hydrogens is 200 g/mol. The van der Waals surface area contributed by atoms with E-state index in [1.165, 1.54) is 4.57 Å². The number of fused-ring (bicyclic) bond motifs is 1. The normalized spacial score (nSPS) is 10.2. The van der Waals surface area contributed by atoms with Crippen molar-refractivity contribution in [3.05, 3.63) is 40.7 Å². The molecule has 0 saturated heterocycles. The third kappa shape index (κ3) is 1.66. The van der Waals surface area contributed by atoms with Gasteiger partial charge in [0.15, 0.2) is 0 Å². The van der Waals surface area contributed by atoms with Gasteiger partial charge in [-0.3, -0.25) is 9.36 Å². The number of nitrogen functional groups attached to an aromatic ring is 1. The molecule has 3 nitrogen and oxygen atoms in total. The van der Waals surface area contributed by atoms with E-state index in [0.717, 1.165) is 5.39 Å². The summed E-state index contributed by atoms with van der Waals surface area (Å²) in [6.45, 7) is 0.464. The summed E-state index contributed by atoms with van der Waals surface area (Å²) in [7, 11) is 0. The number of anilines is 1. The summed E-state index contributed by atoms with van der Waals surface area (Å²) < 4.78 is 1.52. The van der Waals surface area contributed by atoms with E-state index in [1.54, 1.807) is 12.1 Å². The highest BCUT2D eigenvalue weighted by Crippen LogP contribution is 2.13. The third-order valence-corrected chi connectivity index (χ3v) is 2.53. The highest BCUT2D eigenvalue weighted by atomic mass is 16.1. The maximum Gasteiger partial charge on any atom is 0.260 e. The number of benzene rings is 1. The van der Waals surface area contributed by atoms with Gasteiger partial charge in [0.05, 0.1) is 0 Å². The van der Waals surface area contributed by atoms with Crippen molar-refractivity contribution in [3.8, 4) is 12.3 Å². The molecule has 2 N–H and O–H groups in total. The molecule has 0 spiro atoms. The molecular formula is C13H12N2O. The minimum atomic E-state index is -0.0779. The van der Waals surface area contributed by atoms with E-state index in [1.807, 2.05) is 18.2 Å². The monoisotopic (exact) mass is 212 g/mol. The number of terminal acetylenes is 1. The van der Waals surface area contributed by atoms with Gasteiger partial charge >= 0.3 is 0 Å². The Morgan fingerprint density at radius 1 is 1.38 bits per heavy atom. The van der Waals surface area contributed by atoms with E-state index >= 15 is 0 Å². The topological polar surface area (TPSA) is 48.0 Å². The van der Waals surface area contributed by atoms with Crippen LogP contribution in [0.1, 0.15) is 6.42 Å². The van der Waals surface area contributed by atoms with Gasteiger partial charge in [-0.15, -0.1) is 12.3 Å². The highest BCUT2D eigenvalue weighted by Gasteiger charge is 2.05. The molecule has 0 radical (unpaired) electrons. The van der Waals surface area contributed by atoms with Crippen molar-refractivity contribution in [1.82, 2.24) is 4.57 Å².